The number of nitrogens with one attached hydrogen (secondary N) is 2. The van der Waals surface area contributed by atoms with Crippen LogP contribution in [0.15, 0.2) is 12.2 Å². The number of carboxylic acid groups (broad SMARTS) is 1. The molecule has 3 fully saturated rings. The molecule has 14 N–H and O–H groups in total. The minimum Gasteiger partial charge on any atom is -0.477 e. The Balaban J connectivity index is 1.44. The molecule has 3 saturated heterocycles. The van der Waals surface area contributed by atoms with Gasteiger partial charge in [-0.25, -0.2) is 4.79 Å². The van der Waals surface area contributed by atoms with Crippen LogP contribution in [0.3, 0.4) is 0 Å². The molecule has 648 valence electrons. The van der Waals surface area contributed by atoms with Crippen molar-refractivity contribution in [3.8, 4) is 0 Å². The summed E-state index contributed by atoms with van der Waals surface area (Å²) in [5.41, 5.74) is 0. The molecular formula is C87H164N2O21. The maximum Gasteiger partial charge on any atom is 0.364 e. The van der Waals surface area contributed by atoms with Crippen LogP contribution >= 0.6 is 0 Å². The fourth-order valence-corrected chi connectivity index (χ4v) is 15.9. The Labute approximate surface area is 664 Å². The highest BCUT2D eigenvalue weighted by Crippen LogP contribution is 2.39. The number of aliphatic hydroxyl groups excluding tert-OH is 11. The highest BCUT2D eigenvalue weighted by molar-refractivity contribution is 5.77. The van der Waals surface area contributed by atoms with E-state index in [1.165, 1.54) is 283 Å². The third-order valence-corrected chi connectivity index (χ3v) is 23.0. The number of carbonyl (C=O) groups excluding carboxylic acids is 2. The molecular weight excluding hydrogens is 1410 g/mol. The largest absolute Gasteiger partial charge is 0.477 e. The summed E-state index contributed by atoms with van der Waals surface area (Å²) in [5, 5.41) is 137. The van der Waals surface area contributed by atoms with Crippen molar-refractivity contribution in [3.05, 3.63) is 12.2 Å². The van der Waals surface area contributed by atoms with Gasteiger partial charge in [0, 0.05) is 19.8 Å². The normalized spacial score (nSPS) is 25.6. The van der Waals surface area contributed by atoms with E-state index in [1.807, 2.05) is 0 Å². The van der Waals surface area contributed by atoms with Crippen molar-refractivity contribution >= 4 is 17.8 Å². The lowest BCUT2D eigenvalue weighted by Gasteiger charge is -2.50. The van der Waals surface area contributed by atoms with Crippen molar-refractivity contribution in [1.82, 2.24) is 10.6 Å². The summed E-state index contributed by atoms with van der Waals surface area (Å²) in [4.78, 5) is 38.8. The zero-order valence-electron chi connectivity index (χ0n) is 69.1. The Morgan fingerprint density at radius 3 is 1.23 bits per heavy atom. The molecule has 3 aliphatic heterocycles. The summed E-state index contributed by atoms with van der Waals surface area (Å²) in [6, 6.07) is -2.53. The molecule has 0 aliphatic carbocycles. The van der Waals surface area contributed by atoms with Crippen molar-refractivity contribution < 1.29 is 104 Å². The first kappa shape index (κ1) is 102. The van der Waals surface area contributed by atoms with Gasteiger partial charge >= 0.3 is 5.97 Å². The molecule has 0 aromatic carbocycles. The van der Waals surface area contributed by atoms with Gasteiger partial charge in [0.15, 0.2) is 12.6 Å². The van der Waals surface area contributed by atoms with Crippen LogP contribution in [-0.2, 0) is 42.8 Å². The minimum absolute atomic E-state index is 0.228. The smallest absolute Gasteiger partial charge is 0.364 e. The van der Waals surface area contributed by atoms with Crippen molar-refractivity contribution in [2.24, 2.45) is 0 Å². The molecule has 0 aromatic heterocycles. The average Bonchev–Trinajstić information content (AvgIpc) is 0.760. The van der Waals surface area contributed by atoms with Gasteiger partial charge in [-0.05, 0) is 38.5 Å². The topological polar surface area (TPSA) is 373 Å². The third-order valence-electron chi connectivity index (χ3n) is 23.0. The van der Waals surface area contributed by atoms with Gasteiger partial charge in [0.2, 0.25) is 11.8 Å². The van der Waals surface area contributed by atoms with E-state index in [9.17, 15) is 75.7 Å². The molecule has 0 bridgehead atoms. The van der Waals surface area contributed by atoms with Crippen LogP contribution in [-0.4, -0.2) is 215 Å². The highest BCUT2D eigenvalue weighted by atomic mass is 16.8. The molecule has 0 spiro atoms. The molecule has 0 radical (unpaired) electrons. The zero-order valence-corrected chi connectivity index (χ0v) is 69.1. The molecule has 3 aliphatic rings. The van der Waals surface area contributed by atoms with Gasteiger partial charge in [0.25, 0.3) is 5.79 Å². The zero-order chi connectivity index (χ0) is 80.3. The number of hydrogen-bond donors (Lipinski definition) is 14. The summed E-state index contributed by atoms with van der Waals surface area (Å²) in [7, 11) is 0. The molecule has 2 amide bonds. The number of carboxylic acids is 1. The van der Waals surface area contributed by atoms with Gasteiger partial charge in [-0.15, -0.1) is 0 Å². The number of unbranched alkanes of at least 4 members (excludes halogenated alkanes) is 51. The van der Waals surface area contributed by atoms with E-state index >= 15 is 0 Å². The maximum atomic E-state index is 13.6. The lowest BCUT2D eigenvalue weighted by atomic mass is 9.88. The third kappa shape index (κ3) is 44.1. The predicted octanol–water partition coefficient (Wildman–Crippen LogP) is 14.1. The number of aliphatic hydroxyl groups is 11. The second-order valence-electron chi connectivity index (χ2n) is 32.8. The van der Waals surface area contributed by atoms with Crippen molar-refractivity contribution in [2.75, 3.05) is 26.4 Å². The maximum absolute atomic E-state index is 13.6. The number of hydrogen-bond acceptors (Lipinski definition) is 20. The molecule has 18 atom stereocenters. The second-order valence-corrected chi connectivity index (χ2v) is 32.8. The van der Waals surface area contributed by atoms with Crippen LogP contribution in [0, 0.1) is 0 Å². The first-order valence-electron chi connectivity index (χ1n) is 45.0. The van der Waals surface area contributed by atoms with Gasteiger partial charge in [0.1, 0.15) is 67.1 Å². The summed E-state index contributed by atoms with van der Waals surface area (Å²) in [6.07, 6.45) is 45.0. The van der Waals surface area contributed by atoms with Crippen molar-refractivity contribution in [2.45, 2.75) is 497 Å². The fourth-order valence-electron chi connectivity index (χ4n) is 15.9. The van der Waals surface area contributed by atoms with Gasteiger partial charge in [0.05, 0.1) is 50.7 Å². The van der Waals surface area contributed by atoms with Gasteiger partial charge in [-0.2, -0.15) is 0 Å². The number of amides is 2. The Hall–Kier alpha value is -2.53. The molecule has 3 heterocycles. The van der Waals surface area contributed by atoms with Crippen molar-refractivity contribution in [3.63, 3.8) is 0 Å². The van der Waals surface area contributed by atoms with E-state index in [0.717, 1.165) is 58.3 Å². The van der Waals surface area contributed by atoms with E-state index in [1.54, 1.807) is 0 Å². The Bertz CT molecular complexity index is 2220. The lowest BCUT2D eigenvalue weighted by molar-refractivity contribution is -0.386. The van der Waals surface area contributed by atoms with Gasteiger partial charge < -0.3 is 100 Å². The Morgan fingerprint density at radius 1 is 0.464 bits per heavy atom. The summed E-state index contributed by atoms with van der Waals surface area (Å²) in [5.74, 6) is -6.09. The quantitative estimate of drug-likeness (QED) is 0.0199. The Morgan fingerprint density at radius 2 is 0.845 bits per heavy atom. The molecule has 23 nitrogen and oxygen atoms in total. The first-order valence-corrected chi connectivity index (χ1v) is 45.0. The Kier molecular flexibility index (Phi) is 60.5. The number of aliphatic carboxylic acids is 1. The SMILES string of the molecule is CCCCCCCCCCCCCC/C=C\CCCCCCCCCCCCCCCCCCCC(=O)NC(COC1OC(CO)C(OC2OC(CO)C(O)C(OC3(C(=O)O)CC(O)C(NC(C)=O)C(C(O)C(O)CO)O3)C2O)C(O)C1O)C(O)CCCCCCCCCCCCCCCCCCCCCCCCC. The van der Waals surface area contributed by atoms with Crippen LogP contribution < -0.4 is 10.6 Å². The summed E-state index contributed by atoms with van der Waals surface area (Å²) >= 11 is 0. The molecule has 18 unspecified atom stereocenters. The number of allylic oxidation sites excluding steroid dienone is 2. The molecule has 3 rings (SSSR count). The van der Waals surface area contributed by atoms with E-state index in [0.29, 0.717) is 19.3 Å². The first-order chi connectivity index (χ1) is 53.4. The number of ether oxygens (including phenoxy) is 6. The summed E-state index contributed by atoms with van der Waals surface area (Å²) in [6.45, 7) is 2.29. The van der Waals surface area contributed by atoms with Crippen LogP contribution in [0.25, 0.3) is 0 Å². The molecule has 23 heteroatoms. The van der Waals surface area contributed by atoms with E-state index in [-0.39, 0.29) is 18.9 Å². The van der Waals surface area contributed by atoms with E-state index in [2.05, 4.69) is 36.6 Å². The van der Waals surface area contributed by atoms with Crippen LogP contribution in [0.4, 0.5) is 0 Å². The lowest BCUT2D eigenvalue weighted by Crippen LogP contribution is -2.70. The number of carbonyl (C=O) groups is 3. The highest BCUT2D eigenvalue weighted by Gasteiger charge is 2.60. The van der Waals surface area contributed by atoms with E-state index < -0.39 is 148 Å². The van der Waals surface area contributed by atoms with Crippen LogP contribution in [0.2, 0.25) is 0 Å². The van der Waals surface area contributed by atoms with Crippen molar-refractivity contribution in [1.29, 1.82) is 0 Å². The van der Waals surface area contributed by atoms with Gasteiger partial charge in [-0.3, -0.25) is 9.59 Å². The molecule has 0 saturated carbocycles. The van der Waals surface area contributed by atoms with Crippen LogP contribution in [0.5, 0.6) is 0 Å². The number of rotatable bonds is 73. The standard InChI is InChI=1S/C87H164N2O21/c1-4-6-8-10-12-14-16-18-20-22-24-26-28-29-30-31-32-33-34-35-36-37-39-41-43-45-47-49-51-53-55-57-59-61-74(97)89-68(69(94)60-58-56-54-52-50-48-46-44-42-40-38-27-25-23-21-19-17-15-13-11-9-7-5-2)66-105-84-79(101)78(100)81(73(65-92)107-84)108-85-80(102)83(77(99)72(64-91)106-85)110-87(86(103)104)62-70(95)75(88-67(3)93)82(109-87)76(98)71(96)63-90/h29-30,68-73,75-85,90-92,94-96,98-102H,4-28,31-66H2,1-3H3,(H,88,93)(H,89,97)(H,103,104)/b30-29-. The minimum atomic E-state index is -3.08. The van der Waals surface area contributed by atoms with E-state index in [4.69, 9.17) is 28.4 Å². The van der Waals surface area contributed by atoms with Gasteiger partial charge in [-0.1, -0.05) is 341 Å². The average molecular weight is 1570 g/mol. The molecule has 0 aromatic rings. The predicted molar refractivity (Wildman–Crippen MR) is 431 cm³/mol. The molecule has 110 heavy (non-hydrogen) atoms. The monoisotopic (exact) mass is 1570 g/mol. The summed E-state index contributed by atoms with van der Waals surface area (Å²) < 4.78 is 35.1. The second kappa shape index (κ2) is 65.5. The fraction of sp³-hybridized carbons (Fsp3) is 0.943. The van der Waals surface area contributed by atoms with Crippen LogP contribution in [0.1, 0.15) is 387 Å².